The van der Waals surface area contributed by atoms with Gasteiger partial charge in [-0.05, 0) is 25.5 Å². The Morgan fingerprint density at radius 2 is 2.20 bits per heavy atom. The second-order valence-corrected chi connectivity index (χ2v) is 8.04. The summed E-state index contributed by atoms with van der Waals surface area (Å²) in [5, 5.41) is 12.7. The summed E-state index contributed by atoms with van der Waals surface area (Å²) in [6.45, 7) is 4.02. The summed E-state index contributed by atoms with van der Waals surface area (Å²) in [6.07, 6.45) is 3.27. The minimum atomic E-state index is -0.914. The molecule has 2 fully saturated rings. The smallest absolute Gasteiger partial charge is 0.327 e. The predicted octanol–water partition coefficient (Wildman–Crippen LogP) is 2.22. The van der Waals surface area contributed by atoms with Gasteiger partial charge in [0.1, 0.15) is 6.04 Å². The van der Waals surface area contributed by atoms with Crippen molar-refractivity contribution in [1.29, 1.82) is 0 Å². The van der Waals surface area contributed by atoms with Crippen LogP contribution in [0.4, 0.5) is 4.79 Å². The molecule has 0 aromatic heterocycles. The molecule has 2 aliphatic rings. The molecule has 1 aliphatic heterocycles. The third-order valence-corrected chi connectivity index (χ3v) is 6.43. The number of aliphatic carboxylic acids is 1. The Hall–Kier alpha value is -0.560. The number of carboxylic acids is 1. The van der Waals surface area contributed by atoms with Crippen LogP contribution in [0.15, 0.2) is 0 Å². The molecule has 0 aromatic rings. The molecule has 0 aromatic carbocycles. The van der Waals surface area contributed by atoms with E-state index in [0.717, 1.165) is 25.0 Å². The van der Waals surface area contributed by atoms with Gasteiger partial charge in [-0.3, -0.25) is 4.90 Å². The molecule has 0 spiro atoms. The minimum Gasteiger partial charge on any atom is -0.480 e. The molecule has 0 bridgehead atoms. The van der Waals surface area contributed by atoms with Gasteiger partial charge in [-0.2, -0.15) is 11.8 Å². The molecule has 4 unspecified atom stereocenters. The van der Waals surface area contributed by atoms with Crippen molar-refractivity contribution in [2.75, 3.05) is 11.5 Å². The largest absolute Gasteiger partial charge is 0.480 e. The van der Waals surface area contributed by atoms with Gasteiger partial charge in [-0.15, -0.1) is 11.8 Å². The van der Waals surface area contributed by atoms with Crippen LogP contribution in [0.5, 0.6) is 0 Å². The Labute approximate surface area is 128 Å². The number of thioether (sulfide) groups is 2. The molecule has 20 heavy (non-hydrogen) atoms. The van der Waals surface area contributed by atoms with Gasteiger partial charge in [0.25, 0.3) is 0 Å². The number of carboxylic acid groups (broad SMARTS) is 1. The summed E-state index contributed by atoms with van der Waals surface area (Å²) in [7, 11) is 0. The summed E-state index contributed by atoms with van der Waals surface area (Å²) in [6, 6.07) is -0.739. The molecule has 7 heteroatoms. The molecule has 2 rings (SSSR count). The number of carbonyl (C=O) groups excluding carboxylic acids is 1. The minimum absolute atomic E-state index is 0.0743. The van der Waals surface area contributed by atoms with Gasteiger partial charge in [0.15, 0.2) is 0 Å². The van der Waals surface area contributed by atoms with Crippen LogP contribution in [-0.2, 0) is 4.79 Å². The first-order valence-corrected chi connectivity index (χ1v) is 9.19. The van der Waals surface area contributed by atoms with Crippen molar-refractivity contribution >= 4 is 35.5 Å². The molecule has 2 N–H and O–H groups in total. The van der Waals surface area contributed by atoms with Crippen molar-refractivity contribution < 1.29 is 14.7 Å². The number of rotatable bonds is 4. The fourth-order valence-corrected chi connectivity index (χ4v) is 5.24. The molecule has 1 saturated carbocycles. The van der Waals surface area contributed by atoms with Gasteiger partial charge in [0.05, 0.1) is 5.37 Å². The summed E-state index contributed by atoms with van der Waals surface area (Å²) in [5.41, 5.74) is 0. The molecular formula is C13H22N2O3S2. The molecule has 1 aliphatic carbocycles. The first-order valence-electron chi connectivity index (χ1n) is 7.09. The van der Waals surface area contributed by atoms with Crippen LogP contribution < -0.4 is 5.32 Å². The van der Waals surface area contributed by atoms with Crippen molar-refractivity contribution in [2.45, 2.75) is 55.8 Å². The van der Waals surface area contributed by atoms with Crippen LogP contribution >= 0.6 is 23.5 Å². The Morgan fingerprint density at radius 3 is 2.85 bits per heavy atom. The number of hydrogen-bond donors (Lipinski definition) is 2. The van der Waals surface area contributed by atoms with Crippen LogP contribution in [0, 0.1) is 0 Å². The highest BCUT2D eigenvalue weighted by Crippen LogP contribution is 2.32. The maximum atomic E-state index is 12.4. The fraction of sp³-hybridized carbons (Fsp3) is 0.846. The SMILES string of the molecule is CCSC1CCCC1NC(=O)N1C(C)SCC1C(=O)O. The molecule has 114 valence electrons. The zero-order valence-corrected chi connectivity index (χ0v) is 13.5. The monoisotopic (exact) mass is 318 g/mol. The highest BCUT2D eigenvalue weighted by Gasteiger charge is 2.41. The van der Waals surface area contributed by atoms with E-state index in [1.165, 1.54) is 16.7 Å². The molecule has 1 saturated heterocycles. The van der Waals surface area contributed by atoms with Crippen LogP contribution in [0.25, 0.3) is 0 Å². The molecule has 4 atom stereocenters. The van der Waals surface area contributed by atoms with Gasteiger partial charge >= 0.3 is 12.0 Å². The van der Waals surface area contributed by atoms with E-state index in [1.54, 1.807) is 0 Å². The Morgan fingerprint density at radius 1 is 1.45 bits per heavy atom. The lowest BCUT2D eigenvalue weighted by molar-refractivity contribution is -0.141. The highest BCUT2D eigenvalue weighted by atomic mass is 32.2. The van der Waals surface area contributed by atoms with E-state index >= 15 is 0 Å². The first-order chi connectivity index (χ1) is 9.54. The van der Waals surface area contributed by atoms with E-state index < -0.39 is 12.0 Å². The topological polar surface area (TPSA) is 69.6 Å². The van der Waals surface area contributed by atoms with Gasteiger partial charge < -0.3 is 10.4 Å². The number of amides is 2. The second-order valence-electron chi connectivity index (χ2n) is 5.17. The maximum absolute atomic E-state index is 12.4. The maximum Gasteiger partial charge on any atom is 0.327 e. The van der Waals surface area contributed by atoms with E-state index in [2.05, 4.69) is 12.2 Å². The quantitative estimate of drug-likeness (QED) is 0.832. The Balaban J connectivity index is 1.98. The molecule has 1 heterocycles. The fourth-order valence-electron chi connectivity index (χ4n) is 2.88. The normalized spacial score (nSPS) is 33.4. The third-order valence-electron chi connectivity index (χ3n) is 3.88. The lowest BCUT2D eigenvalue weighted by Gasteiger charge is -2.28. The van der Waals surface area contributed by atoms with Crippen LogP contribution in [0.2, 0.25) is 0 Å². The standard InChI is InChI=1S/C13H22N2O3S2/c1-3-19-11-6-4-5-9(11)14-13(18)15-8(2)20-7-10(15)12(16)17/h8-11H,3-7H2,1-2H3,(H,14,18)(H,16,17). The predicted molar refractivity (Wildman–Crippen MR) is 83.3 cm³/mol. The van der Waals surface area contributed by atoms with E-state index in [9.17, 15) is 14.7 Å². The van der Waals surface area contributed by atoms with E-state index in [4.69, 9.17) is 0 Å². The Kier molecular flexibility index (Phi) is 5.49. The molecule has 0 radical (unpaired) electrons. The average Bonchev–Trinajstić information content (AvgIpc) is 2.97. The lowest BCUT2D eigenvalue weighted by Crippen LogP contribution is -2.53. The molecule has 2 amide bonds. The van der Waals surface area contributed by atoms with E-state index in [1.807, 2.05) is 18.7 Å². The average molecular weight is 318 g/mol. The number of nitrogens with zero attached hydrogens (tertiary/aromatic N) is 1. The van der Waals surface area contributed by atoms with Crippen LogP contribution in [0.3, 0.4) is 0 Å². The number of nitrogens with one attached hydrogen (secondary N) is 1. The van der Waals surface area contributed by atoms with Gasteiger partial charge in [0.2, 0.25) is 0 Å². The van der Waals surface area contributed by atoms with E-state index in [-0.39, 0.29) is 17.4 Å². The van der Waals surface area contributed by atoms with Crippen molar-refractivity contribution in [3.63, 3.8) is 0 Å². The zero-order valence-electron chi connectivity index (χ0n) is 11.9. The Bertz CT molecular complexity index is 381. The second kappa shape index (κ2) is 6.93. The summed E-state index contributed by atoms with van der Waals surface area (Å²) in [5.74, 6) is 0.606. The zero-order chi connectivity index (χ0) is 14.7. The number of hydrogen-bond acceptors (Lipinski definition) is 4. The summed E-state index contributed by atoms with van der Waals surface area (Å²) in [4.78, 5) is 25.1. The van der Waals surface area contributed by atoms with Crippen molar-refractivity contribution in [3.8, 4) is 0 Å². The molecule has 5 nitrogen and oxygen atoms in total. The van der Waals surface area contributed by atoms with Crippen LogP contribution in [0.1, 0.15) is 33.1 Å². The van der Waals surface area contributed by atoms with Gasteiger partial charge in [0, 0.05) is 17.0 Å². The number of urea groups is 1. The van der Waals surface area contributed by atoms with Gasteiger partial charge in [-0.25, -0.2) is 9.59 Å². The first kappa shape index (κ1) is 15.8. The van der Waals surface area contributed by atoms with Gasteiger partial charge in [-0.1, -0.05) is 13.3 Å². The third kappa shape index (κ3) is 3.36. The van der Waals surface area contributed by atoms with Crippen LogP contribution in [-0.4, -0.2) is 56.2 Å². The summed E-state index contributed by atoms with van der Waals surface area (Å²) >= 11 is 3.40. The van der Waals surface area contributed by atoms with Crippen molar-refractivity contribution in [2.24, 2.45) is 0 Å². The number of carbonyl (C=O) groups is 2. The molecular weight excluding hydrogens is 296 g/mol. The van der Waals surface area contributed by atoms with E-state index in [0.29, 0.717) is 11.0 Å². The van der Waals surface area contributed by atoms with Crippen molar-refractivity contribution in [3.05, 3.63) is 0 Å². The van der Waals surface area contributed by atoms with Crippen molar-refractivity contribution in [1.82, 2.24) is 10.2 Å². The summed E-state index contributed by atoms with van der Waals surface area (Å²) < 4.78 is 0. The lowest BCUT2D eigenvalue weighted by atomic mass is 10.2. The highest BCUT2D eigenvalue weighted by molar-refractivity contribution is 8.00.